The van der Waals surface area contributed by atoms with Crippen molar-refractivity contribution in [3.63, 3.8) is 0 Å². The lowest BCUT2D eigenvalue weighted by Gasteiger charge is -2.41. The third kappa shape index (κ3) is 3.62. The van der Waals surface area contributed by atoms with Crippen LogP contribution < -0.4 is 21.3 Å². The zero-order chi connectivity index (χ0) is 18.8. The van der Waals surface area contributed by atoms with Gasteiger partial charge in [-0.25, -0.2) is 9.78 Å². The number of piperazine rings is 1. The van der Waals surface area contributed by atoms with Crippen molar-refractivity contribution in [3.05, 3.63) is 35.5 Å². The molecule has 0 aliphatic carbocycles. The molecule has 1 atom stereocenters. The lowest BCUT2D eigenvalue weighted by molar-refractivity contribution is 0.0697. The number of rotatable bonds is 4. The number of carbonyl (C=O) groups is 1. The minimum atomic E-state index is -0.918. The maximum atomic E-state index is 11.0. The number of carboxylic acid groups (broad SMARTS) is 1. The van der Waals surface area contributed by atoms with Crippen LogP contribution in [0.2, 0.25) is 0 Å². The van der Waals surface area contributed by atoms with Gasteiger partial charge in [-0.3, -0.25) is 0 Å². The molecule has 1 aromatic heterocycles. The minimum Gasteiger partial charge on any atom is -0.478 e. The first-order valence-electron chi connectivity index (χ1n) is 8.31. The van der Waals surface area contributed by atoms with Crippen molar-refractivity contribution in [2.24, 2.45) is 0 Å². The number of aromatic carboxylic acids is 1. The number of alkyl halides is 1. The normalized spacial score (nSPS) is 17.4. The van der Waals surface area contributed by atoms with Gasteiger partial charge in [-0.1, -0.05) is 29.5 Å². The van der Waals surface area contributed by atoms with Crippen LogP contribution in [0.1, 0.15) is 23.0 Å². The monoisotopic (exact) mass is 468 g/mol. The predicted octanol–water partition coefficient (Wildman–Crippen LogP) is 1.99. The number of aromatic nitrogens is 2. The molecule has 0 saturated carbocycles. The van der Waals surface area contributed by atoms with E-state index in [-0.39, 0.29) is 15.6 Å². The van der Waals surface area contributed by atoms with Gasteiger partial charge in [-0.05, 0) is 30.7 Å². The number of carboxylic acids is 1. The number of nitrogens with two attached hydrogens (primary N) is 2. The summed E-state index contributed by atoms with van der Waals surface area (Å²) in [4.78, 5) is 23.9. The van der Waals surface area contributed by atoms with Crippen molar-refractivity contribution in [2.45, 2.75) is 17.4 Å². The van der Waals surface area contributed by atoms with Crippen LogP contribution in [0.3, 0.4) is 0 Å². The average Bonchev–Trinajstić information content (AvgIpc) is 2.61. The first-order valence-corrected chi connectivity index (χ1v) is 9.56. The van der Waals surface area contributed by atoms with Crippen molar-refractivity contribution >= 4 is 51.7 Å². The molecular formula is C17H21IN6O2. The molecule has 2 heterocycles. The highest BCUT2D eigenvalue weighted by molar-refractivity contribution is 14.1. The Kier molecular flexibility index (Phi) is 5.35. The van der Waals surface area contributed by atoms with Gasteiger partial charge in [0.15, 0.2) is 5.82 Å². The van der Waals surface area contributed by atoms with Crippen molar-refractivity contribution < 1.29 is 9.90 Å². The summed E-state index contributed by atoms with van der Waals surface area (Å²) in [6, 6.07) is 6.97. The number of halogens is 1. The second-order valence-corrected chi connectivity index (χ2v) is 7.48. The quantitative estimate of drug-likeness (QED) is 0.354. The number of nitrogen functional groups attached to an aromatic ring is 2. The molecule has 0 amide bonds. The van der Waals surface area contributed by atoms with Crippen LogP contribution in [-0.2, 0) is 6.42 Å². The van der Waals surface area contributed by atoms with Crippen LogP contribution >= 0.6 is 22.6 Å². The highest BCUT2D eigenvalue weighted by Gasteiger charge is 2.28. The molecule has 0 spiro atoms. The molecule has 9 heteroatoms. The molecule has 5 N–H and O–H groups in total. The van der Waals surface area contributed by atoms with Crippen LogP contribution in [0.4, 0.5) is 23.1 Å². The Morgan fingerprint density at radius 3 is 2.54 bits per heavy atom. The van der Waals surface area contributed by atoms with E-state index < -0.39 is 5.97 Å². The van der Waals surface area contributed by atoms with E-state index >= 15 is 0 Å². The lowest BCUT2D eigenvalue weighted by atomic mass is 10.1. The van der Waals surface area contributed by atoms with Gasteiger partial charge in [-0.15, -0.1) is 0 Å². The Hall–Kier alpha value is -2.30. The highest BCUT2D eigenvalue weighted by atomic mass is 127. The van der Waals surface area contributed by atoms with E-state index in [0.29, 0.717) is 5.82 Å². The number of benzene rings is 1. The molecule has 1 fully saturated rings. The van der Waals surface area contributed by atoms with Gasteiger partial charge in [-0.2, -0.15) is 4.98 Å². The van der Waals surface area contributed by atoms with Gasteiger partial charge < -0.3 is 26.4 Å². The first kappa shape index (κ1) is 18.5. The lowest BCUT2D eigenvalue weighted by Crippen LogP contribution is -2.51. The smallest absolute Gasteiger partial charge is 0.335 e. The summed E-state index contributed by atoms with van der Waals surface area (Å²) < 4.78 is 0.193. The molecule has 26 heavy (non-hydrogen) atoms. The second-order valence-electron chi connectivity index (χ2n) is 6.04. The zero-order valence-electron chi connectivity index (χ0n) is 14.4. The van der Waals surface area contributed by atoms with E-state index in [4.69, 9.17) is 16.6 Å². The fourth-order valence-corrected chi connectivity index (χ4v) is 4.24. The number of hydrogen-bond donors (Lipinski definition) is 3. The van der Waals surface area contributed by atoms with E-state index in [9.17, 15) is 4.79 Å². The Balaban J connectivity index is 1.80. The van der Waals surface area contributed by atoms with E-state index in [1.807, 2.05) is 19.1 Å². The fourth-order valence-electron chi connectivity index (χ4n) is 3.16. The molecular weight excluding hydrogens is 447 g/mol. The van der Waals surface area contributed by atoms with Crippen LogP contribution in [0.15, 0.2) is 24.3 Å². The minimum absolute atomic E-state index is 0.193. The molecule has 1 aliphatic rings. The van der Waals surface area contributed by atoms with Gasteiger partial charge in [0.1, 0.15) is 5.69 Å². The Bertz CT molecular complexity index is 814. The van der Waals surface area contributed by atoms with Crippen molar-refractivity contribution in [1.82, 2.24) is 9.97 Å². The van der Waals surface area contributed by atoms with Gasteiger partial charge in [0.2, 0.25) is 5.95 Å². The predicted molar refractivity (Wildman–Crippen MR) is 111 cm³/mol. The summed E-state index contributed by atoms with van der Waals surface area (Å²) in [6.45, 7) is 4.33. The van der Waals surface area contributed by atoms with Crippen molar-refractivity contribution in [3.8, 4) is 0 Å². The molecule has 8 nitrogen and oxygen atoms in total. The van der Waals surface area contributed by atoms with Gasteiger partial charge in [0.25, 0.3) is 0 Å². The highest BCUT2D eigenvalue weighted by Crippen LogP contribution is 2.32. The molecule has 0 bridgehead atoms. The van der Waals surface area contributed by atoms with Gasteiger partial charge >= 0.3 is 5.97 Å². The topological polar surface area (TPSA) is 122 Å². The van der Waals surface area contributed by atoms with Crippen LogP contribution in [-0.4, -0.2) is 44.7 Å². The van der Waals surface area contributed by atoms with E-state index in [1.165, 1.54) is 0 Å². The summed E-state index contributed by atoms with van der Waals surface area (Å²) >= 11 is 2.39. The van der Waals surface area contributed by atoms with Crippen LogP contribution in [0.25, 0.3) is 0 Å². The maximum Gasteiger partial charge on any atom is 0.335 e. The Labute approximate surface area is 165 Å². The molecule has 1 aliphatic heterocycles. The number of anilines is 4. The van der Waals surface area contributed by atoms with Gasteiger partial charge in [0, 0.05) is 25.3 Å². The largest absolute Gasteiger partial charge is 0.478 e. The Morgan fingerprint density at radius 2 is 1.96 bits per heavy atom. The molecule has 0 radical (unpaired) electrons. The third-order valence-corrected chi connectivity index (χ3v) is 5.48. The summed E-state index contributed by atoms with van der Waals surface area (Å²) in [5.41, 5.74) is 14.9. The molecule has 1 saturated heterocycles. The molecule has 138 valence electrons. The molecule has 2 aromatic rings. The fraction of sp³-hybridized carbons (Fsp3) is 0.353. The second kappa shape index (κ2) is 7.52. The van der Waals surface area contributed by atoms with Crippen molar-refractivity contribution in [2.75, 3.05) is 40.9 Å². The molecule has 3 rings (SSSR count). The van der Waals surface area contributed by atoms with Crippen LogP contribution in [0, 0.1) is 0 Å². The number of hydrogen-bond acceptors (Lipinski definition) is 7. The summed E-state index contributed by atoms with van der Waals surface area (Å²) in [7, 11) is 0. The summed E-state index contributed by atoms with van der Waals surface area (Å²) in [6.07, 6.45) is 0.731. The molecule has 1 aromatic carbocycles. The van der Waals surface area contributed by atoms with E-state index in [1.54, 1.807) is 12.1 Å². The standard InChI is InChI=1S/C17H21IN6O2/c1-2-12-14(15(19)22-17(20)21-12)23-7-8-24(13(18)9-23)11-5-3-10(4-6-11)16(25)26/h3-6,13H,2,7-9H2,1H3,(H,25,26)(H4,19,20,21,22). The number of aryl methyl sites for hydroxylation is 1. The SMILES string of the molecule is CCc1nc(N)nc(N)c1N1CCN(c2ccc(C(=O)O)cc2)C(I)C1. The van der Waals surface area contributed by atoms with E-state index in [2.05, 4.69) is 42.4 Å². The van der Waals surface area contributed by atoms with Gasteiger partial charge in [0.05, 0.1) is 15.3 Å². The summed E-state index contributed by atoms with van der Waals surface area (Å²) in [5.74, 6) is -0.304. The maximum absolute atomic E-state index is 11.0. The average molecular weight is 468 g/mol. The first-order chi connectivity index (χ1) is 12.4. The molecule has 1 unspecified atom stereocenters. The number of nitrogens with zero attached hydrogens (tertiary/aromatic N) is 4. The Morgan fingerprint density at radius 1 is 1.27 bits per heavy atom. The third-order valence-electron chi connectivity index (χ3n) is 4.42. The van der Waals surface area contributed by atoms with Crippen LogP contribution in [0.5, 0.6) is 0 Å². The van der Waals surface area contributed by atoms with Crippen molar-refractivity contribution in [1.29, 1.82) is 0 Å². The summed E-state index contributed by atoms with van der Waals surface area (Å²) in [5, 5.41) is 9.04. The van der Waals surface area contributed by atoms with E-state index in [0.717, 1.165) is 43.1 Å². The zero-order valence-corrected chi connectivity index (χ0v) is 16.5.